The van der Waals surface area contributed by atoms with Crippen molar-refractivity contribution in [3.05, 3.63) is 35.4 Å². The molecule has 0 saturated carbocycles. The summed E-state index contributed by atoms with van der Waals surface area (Å²) in [4.78, 5) is 43.4. The number of nitrogens with two attached hydrogens (primary N) is 2. The number of primary amides is 1. The Bertz CT molecular complexity index is 1780. The van der Waals surface area contributed by atoms with Gasteiger partial charge in [0.05, 0.1) is 63.9 Å². The first kappa shape index (κ1) is 46.7. The standard InChI is InChI=1S/C42H68N4O10Si2/c1-41(2,3)57(9,10)54-26-28-16-13-18-45(28)38(47)30-22-34(50-7)36(24-32(30)43)52-20-15-21-53-37-25-33(56-40(44)49)31(23-35(37)51-8)39(48)46-19-14-17-29(46)27-55-58(11,12)42(4,5)6/h22-25,28-29H,13-21,26-27,43H2,1-12H3,(H2,44,49)/t28-,29-/m0/s1. The van der Waals surface area contributed by atoms with Crippen molar-refractivity contribution in [2.75, 3.05) is 59.5 Å². The van der Waals surface area contributed by atoms with E-state index in [0.717, 1.165) is 25.7 Å². The van der Waals surface area contributed by atoms with Gasteiger partial charge in [-0.25, -0.2) is 4.79 Å². The van der Waals surface area contributed by atoms with E-state index in [1.165, 1.54) is 26.4 Å². The number of methoxy groups -OCH3 is 2. The molecule has 16 heteroatoms. The Morgan fingerprint density at radius 3 is 1.53 bits per heavy atom. The minimum atomic E-state index is -2.04. The van der Waals surface area contributed by atoms with Gasteiger partial charge in [-0.05, 0) is 68.0 Å². The van der Waals surface area contributed by atoms with Crippen LogP contribution in [0.15, 0.2) is 24.3 Å². The summed E-state index contributed by atoms with van der Waals surface area (Å²) >= 11 is 0. The van der Waals surface area contributed by atoms with Gasteiger partial charge in [0.15, 0.2) is 39.6 Å². The highest BCUT2D eigenvalue weighted by atomic mass is 28.4. The first-order valence-electron chi connectivity index (χ1n) is 20.3. The number of carbonyl (C=O) groups excluding carboxylic acids is 3. The number of ether oxygens (including phenoxy) is 5. The monoisotopic (exact) mass is 844 g/mol. The van der Waals surface area contributed by atoms with Crippen molar-refractivity contribution in [2.45, 2.75) is 122 Å². The smallest absolute Gasteiger partial charge is 0.409 e. The van der Waals surface area contributed by atoms with Crippen molar-refractivity contribution in [1.82, 2.24) is 9.80 Å². The van der Waals surface area contributed by atoms with E-state index in [2.05, 4.69) is 67.7 Å². The lowest BCUT2D eigenvalue weighted by molar-refractivity contribution is 0.0676. The highest BCUT2D eigenvalue weighted by Crippen LogP contribution is 2.40. The number of anilines is 1. The van der Waals surface area contributed by atoms with E-state index in [4.69, 9.17) is 44.0 Å². The van der Waals surface area contributed by atoms with Crippen LogP contribution in [0.25, 0.3) is 0 Å². The molecule has 4 rings (SSSR count). The average molecular weight is 845 g/mol. The van der Waals surface area contributed by atoms with Crippen LogP contribution >= 0.6 is 0 Å². The Morgan fingerprint density at radius 1 is 0.672 bits per heavy atom. The molecule has 2 aromatic carbocycles. The summed E-state index contributed by atoms with van der Waals surface area (Å²) in [6, 6.07) is 6.06. The molecular formula is C42H68N4O10Si2. The first-order valence-corrected chi connectivity index (χ1v) is 26.1. The van der Waals surface area contributed by atoms with Gasteiger partial charge in [-0.1, -0.05) is 41.5 Å². The first-order chi connectivity index (χ1) is 27.0. The zero-order valence-electron chi connectivity index (χ0n) is 36.9. The van der Waals surface area contributed by atoms with Gasteiger partial charge in [-0.2, -0.15) is 0 Å². The van der Waals surface area contributed by atoms with Crippen LogP contribution in [0.5, 0.6) is 28.7 Å². The number of likely N-dealkylation sites (tertiary alicyclic amines) is 2. The largest absolute Gasteiger partial charge is 0.493 e. The van der Waals surface area contributed by atoms with Gasteiger partial charge in [0.2, 0.25) is 0 Å². The van der Waals surface area contributed by atoms with E-state index < -0.39 is 22.7 Å². The summed E-state index contributed by atoms with van der Waals surface area (Å²) in [5.74, 6) is 0.822. The minimum Gasteiger partial charge on any atom is -0.493 e. The Balaban J connectivity index is 1.40. The van der Waals surface area contributed by atoms with Crippen molar-refractivity contribution in [1.29, 1.82) is 0 Å². The Morgan fingerprint density at radius 2 is 1.10 bits per heavy atom. The normalized spacial score (nSPS) is 17.7. The van der Waals surface area contributed by atoms with E-state index in [1.807, 2.05) is 4.90 Å². The van der Waals surface area contributed by atoms with Gasteiger partial charge in [0.25, 0.3) is 11.8 Å². The molecule has 3 amide bonds. The topological polar surface area (TPSA) is 174 Å². The summed E-state index contributed by atoms with van der Waals surface area (Å²) in [7, 11) is -1.03. The lowest BCUT2D eigenvalue weighted by Crippen LogP contribution is -2.46. The SMILES string of the molecule is COc1cc(C(=O)N2CCC[C@H]2CO[Si](C)(C)C(C)(C)C)c(N)cc1OCCCOc1cc(OC(N)=O)c(C(=O)N2CCC[C@H]2CO[Si](C)(C)C(C)(C)C)cc1OC. The molecule has 0 bridgehead atoms. The van der Waals surface area contributed by atoms with Crippen LogP contribution in [0.3, 0.4) is 0 Å². The third-order valence-corrected chi connectivity index (χ3v) is 21.2. The Hall–Kier alpha value is -4.00. The molecule has 4 N–H and O–H groups in total. The summed E-state index contributed by atoms with van der Waals surface area (Å²) in [5, 5.41) is 0.106. The molecule has 0 aromatic heterocycles. The molecule has 0 aliphatic carbocycles. The predicted octanol–water partition coefficient (Wildman–Crippen LogP) is 7.84. The summed E-state index contributed by atoms with van der Waals surface area (Å²) in [6.07, 6.45) is 2.78. The molecule has 2 fully saturated rings. The molecule has 324 valence electrons. The van der Waals surface area contributed by atoms with E-state index in [9.17, 15) is 14.4 Å². The van der Waals surface area contributed by atoms with Crippen LogP contribution in [0.2, 0.25) is 36.3 Å². The van der Waals surface area contributed by atoms with Gasteiger partial charge in [0, 0.05) is 43.4 Å². The minimum absolute atomic E-state index is 0.0216. The molecule has 2 aromatic rings. The van der Waals surface area contributed by atoms with Gasteiger partial charge >= 0.3 is 6.09 Å². The number of hydrogen-bond acceptors (Lipinski definition) is 11. The zero-order chi connectivity index (χ0) is 43.2. The number of rotatable bonds is 17. The lowest BCUT2D eigenvalue weighted by atomic mass is 10.1. The molecule has 0 radical (unpaired) electrons. The van der Waals surface area contributed by atoms with E-state index >= 15 is 0 Å². The number of hydrogen-bond donors (Lipinski definition) is 2. The zero-order valence-corrected chi connectivity index (χ0v) is 38.9. The molecule has 2 saturated heterocycles. The Labute approximate surface area is 347 Å². The van der Waals surface area contributed by atoms with Crippen LogP contribution in [0.4, 0.5) is 10.5 Å². The second kappa shape index (κ2) is 18.9. The highest BCUT2D eigenvalue weighted by Gasteiger charge is 2.41. The van der Waals surface area contributed by atoms with Crippen molar-refractivity contribution in [2.24, 2.45) is 5.73 Å². The van der Waals surface area contributed by atoms with Gasteiger partial charge < -0.3 is 53.8 Å². The fraction of sp³-hybridized carbons (Fsp3) is 0.643. The maximum absolute atomic E-state index is 14.0. The summed E-state index contributed by atoms with van der Waals surface area (Å²) in [5.41, 5.74) is 12.7. The van der Waals surface area contributed by atoms with E-state index in [1.54, 1.807) is 17.0 Å². The molecule has 0 spiro atoms. The average Bonchev–Trinajstić information content (AvgIpc) is 3.81. The fourth-order valence-corrected chi connectivity index (χ4v) is 8.62. The van der Waals surface area contributed by atoms with Crippen LogP contribution < -0.4 is 35.2 Å². The summed E-state index contributed by atoms with van der Waals surface area (Å²) < 4.78 is 41.6. The fourth-order valence-electron chi connectivity index (χ4n) is 6.53. The second-order valence-corrected chi connectivity index (χ2v) is 27.9. The number of nitrogen functional groups attached to an aromatic ring is 1. The molecule has 0 unspecified atom stereocenters. The number of benzene rings is 2. The van der Waals surface area contributed by atoms with Gasteiger partial charge in [-0.3, -0.25) is 9.59 Å². The number of carbonyl (C=O) groups is 3. The maximum atomic E-state index is 14.0. The lowest BCUT2D eigenvalue weighted by Gasteiger charge is -2.38. The van der Waals surface area contributed by atoms with E-state index in [-0.39, 0.29) is 75.7 Å². The maximum Gasteiger partial charge on any atom is 0.409 e. The molecular weight excluding hydrogens is 777 g/mol. The third-order valence-electron chi connectivity index (χ3n) is 12.2. The second-order valence-electron chi connectivity index (χ2n) is 18.3. The quantitative estimate of drug-likeness (QED) is 0.0902. The number of nitrogens with zero attached hydrogens (tertiary/aromatic N) is 2. The Kier molecular flexibility index (Phi) is 15.2. The van der Waals surface area contributed by atoms with Crippen molar-refractivity contribution >= 4 is 40.2 Å². The van der Waals surface area contributed by atoms with Crippen LogP contribution in [0, 0.1) is 0 Å². The predicted molar refractivity (Wildman–Crippen MR) is 231 cm³/mol. The van der Waals surface area contributed by atoms with Gasteiger partial charge in [0.1, 0.15) is 5.75 Å². The van der Waals surface area contributed by atoms with Crippen molar-refractivity contribution in [3.8, 4) is 28.7 Å². The molecule has 2 atom stereocenters. The third kappa shape index (κ3) is 11.2. The van der Waals surface area contributed by atoms with Crippen molar-refractivity contribution in [3.63, 3.8) is 0 Å². The molecule has 2 heterocycles. The van der Waals surface area contributed by atoms with Crippen LogP contribution in [-0.4, -0.2) is 110 Å². The van der Waals surface area contributed by atoms with Crippen LogP contribution in [-0.2, 0) is 8.85 Å². The molecule has 2 aliphatic rings. The molecule has 58 heavy (non-hydrogen) atoms. The highest BCUT2D eigenvalue weighted by molar-refractivity contribution is 6.74. The van der Waals surface area contributed by atoms with Gasteiger partial charge in [-0.15, -0.1) is 0 Å². The van der Waals surface area contributed by atoms with Crippen LogP contribution in [0.1, 0.15) is 94.4 Å². The van der Waals surface area contributed by atoms with Crippen molar-refractivity contribution < 1.29 is 46.9 Å². The summed E-state index contributed by atoms with van der Waals surface area (Å²) in [6.45, 7) is 24.5. The molecule has 14 nitrogen and oxygen atoms in total. The molecule has 2 aliphatic heterocycles. The van der Waals surface area contributed by atoms with E-state index in [0.29, 0.717) is 49.8 Å². The number of amides is 3.